The Morgan fingerprint density at radius 3 is 1.68 bits per heavy atom. The fourth-order valence-corrected chi connectivity index (χ4v) is 0.715. The zero-order chi connectivity index (χ0) is 16.1. The summed E-state index contributed by atoms with van der Waals surface area (Å²) < 4.78 is 0. The first-order valence-electron chi connectivity index (χ1n) is 7.50. The van der Waals surface area contributed by atoms with Crippen LogP contribution in [0, 0.1) is 0 Å². The first kappa shape index (κ1) is 26.6. The molecule has 4 nitrogen and oxygen atoms in total. The Morgan fingerprint density at radius 1 is 1.11 bits per heavy atom. The molecule has 0 saturated carbocycles. The number of amides is 1. The third kappa shape index (κ3) is 47.1. The van der Waals surface area contributed by atoms with E-state index in [1.807, 2.05) is 20.8 Å². The summed E-state index contributed by atoms with van der Waals surface area (Å²) in [5.41, 5.74) is 4.90. The van der Waals surface area contributed by atoms with E-state index in [0.717, 1.165) is 13.0 Å². The van der Waals surface area contributed by atoms with Crippen molar-refractivity contribution < 1.29 is 9.59 Å². The average Bonchev–Trinajstić information content (AvgIpc) is 2.38. The normalized spacial score (nSPS) is 9.42. The Kier molecular flexibility index (Phi) is 42.4. The Bertz CT molecular complexity index is 160. The highest BCUT2D eigenvalue weighted by Gasteiger charge is 2.08. The van der Waals surface area contributed by atoms with Crippen molar-refractivity contribution >= 4 is 12.2 Å². The van der Waals surface area contributed by atoms with E-state index in [1.165, 1.54) is 12.8 Å². The Hall–Kier alpha value is -0.900. The largest absolute Gasteiger partial charge is 0.370 e. The van der Waals surface area contributed by atoms with E-state index in [1.54, 1.807) is 0 Å². The SMILES string of the molecule is CC.CCC.CCC.CCCN[C@@H](C=O)CC(N)=O. The van der Waals surface area contributed by atoms with Gasteiger partial charge < -0.3 is 15.8 Å². The van der Waals surface area contributed by atoms with E-state index >= 15 is 0 Å². The molecule has 0 spiro atoms. The lowest BCUT2D eigenvalue weighted by Crippen LogP contribution is -2.35. The number of carbonyl (C=O) groups is 2. The van der Waals surface area contributed by atoms with Crippen LogP contribution in [-0.4, -0.2) is 24.8 Å². The summed E-state index contributed by atoms with van der Waals surface area (Å²) in [7, 11) is 0. The maximum absolute atomic E-state index is 10.4. The maximum Gasteiger partial charge on any atom is 0.219 e. The third-order valence-electron chi connectivity index (χ3n) is 1.24. The second-order valence-corrected chi connectivity index (χ2v) is 3.78. The minimum Gasteiger partial charge on any atom is -0.370 e. The van der Waals surface area contributed by atoms with Crippen molar-refractivity contribution in [2.75, 3.05) is 6.54 Å². The van der Waals surface area contributed by atoms with Crippen LogP contribution in [0.15, 0.2) is 0 Å². The van der Waals surface area contributed by atoms with Crippen LogP contribution >= 0.6 is 0 Å². The molecular weight excluding hydrogens is 240 g/mol. The van der Waals surface area contributed by atoms with E-state index in [2.05, 4.69) is 33.0 Å². The van der Waals surface area contributed by atoms with Gasteiger partial charge in [0.15, 0.2) is 0 Å². The molecule has 1 atom stereocenters. The number of primary amides is 1. The van der Waals surface area contributed by atoms with Crippen molar-refractivity contribution in [1.82, 2.24) is 5.32 Å². The van der Waals surface area contributed by atoms with Gasteiger partial charge in [-0.15, -0.1) is 0 Å². The molecule has 0 aliphatic heterocycles. The quantitative estimate of drug-likeness (QED) is 0.731. The summed E-state index contributed by atoms with van der Waals surface area (Å²) in [4.78, 5) is 20.6. The molecule has 0 aromatic carbocycles. The third-order valence-corrected chi connectivity index (χ3v) is 1.24. The molecule has 0 heterocycles. The van der Waals surface area contributed by atoms with Gasteiger partial charge in [0.05, 0.1) is 6.04 Å². The molecule has 0 aliphatic rings. The summed E-state index contributed by atoms with van der Waals surface area (Å²) in [6, 6.07) is -0.410. The summed E-state index contributed by atoms with van der Waals surface area (Å²) in [5, 5.41) is 2.88. The lowest BCUT2D eigenvalue weighted by molar-refractivity contribution is -0.120. The number of carbonyl (C=O) groups excluding carboxylic acids is 2. The van der Waals surface area contributed by atoms with Crippen LogP contribution in [0.4, 0.5) is 0 Å². The molecule has 0 aromatic rings. The minimum absolute atomic E-state index is 0.0868. The highest BCUT2D eigenvalue weighted by Crippen LogP contribution is 1.86. The molecule has 0 unspecified atom stereocenters. The second kappa shape index (κ2) is 30.3. The van der Waals surface area contributed by atoms with Gasteiger partial charge in [-0.25, -0.2) is 0 Å². The van der Waals surface area contributed by atoms with Gasteiger partial charge in [0.25, 0.3) is 0 Å². The van der Waals surface area contributed by atoms with Crippen molar-refractivity contribution in [3.05, 3.63) is 0 Å². The molecule has 118 valence electrons. The van der Waals surface area contributed by atoms with Crippen LogP contribution < -0.4 is 11.1 Å². The first-order valence-corrected chi connectivity index (χ1v) is 7.50. The number of aldehydes is 1. The smallest absolute Gasteiger partial charge is 0.219 e. The van der Waals surface area contributed by atoms with Crippen LogP contribution in [-0.2, 0) is 9.59 Å². The fraction of sp³-hybridized carbons (Fsp3) is 0.867. The monoisotopic (exact) mass is 276 g/mol. The molecule has 3 N–H and O–H groups in total. The molecule has 0 saturated heterocycles. The Morgan fingerprint density at radius 2 is 1.47 bits per heavy atom. The molecule has 19 heavy (non-hydrogen) atoms. The summed E-state index contributed by atoms with van der Waals surface area (Å²) in [6.45, 7) is 15.2. The molecule has 1 amide bonds. The molecular formula is C15H36N2O2. The van der Waals surface area contributed by atoms with Crippen molar-refractivity contribution in [3.63, 3.8) is 0 Å². The molecule has 0 bridgehead atoms. The van der Waals surface area contributed by atoms with Crippen molar-refractivity contribution in [3.8, 4) is 0 Å². The lowest BCUT2D eigenvalue weighted by Gasteiger charge is -2.08. The summed E-state index contributed by atoms with van der Waals surface area (Å²) in [6.07, 6.45) is 4.23. The summed E-state index contributed by atoms with van der Waals surface area (Å²) >= 11 is 0. The topological polar surface area (TPSA) is 72.2 Å². The van der Waals surface area contributed by atoms with E-state index < -0.39 is 11.9 Å². The van der Waals surface area contributed by atoms with Gasteiger partial charge in [-0.2, -0.15) is 0 Å². The van der Waals surface area contributed by atoms with Crippen molar-refractivity contribution in [2.24, 2.45) is 5.73 Å². The molecule has 0 radical (unpaired) electrons. The Labute approximate surface area is 120 Å². The molecule has 0 rings (SSSR count). The van der Waals surface area contributed by atoms with Crippen LogP contribution in [0.1, 0.15) is 74.1 Å². The predicted molar refractivity (Wildman–Crippen MR) is 85.2 cm³/mol. The van der Waals surface area contributed by atoms with Gasteiger partial charge in [-0.1, -0.05) is 61.3 Å². The highest BCUT2D eigenvalue weighted by atomic mass is 16.1. The van der Waals surface area contributed by atoms with Crippen molar-refractivity contribution in [2.45, 2.75) is 80.2 Å². The molecule has 0 aromatic heterocycles. The van der Waals surface area contributed by atoms with Gasteiger partial charge >= 0.3 is 0 Å². The van der Waals surface area contributed by atoms with E-state index in [-0.39, 0.29) is 6.42 Å². The van der Waals surface area contributed by atoms with Gasteiger partial charge in [-0.3, -0.25) is 4.79 Å². The molecule has 0 aliphatic carbocycles. The predicted octanol–water partition coefficient (Wildman–Crippen LogP) is 3.29. The Balaban J connectivity index is -0.000000117. The first-order chi connectivity index (χ1) is 9.03. The van der Waals surface area contributed by atoms with Crippen LogP contribution in [0.25, 0.3) is 0 Å². The van der Waals surface area contributed by atoms with Crippen molar-refractivity contribution in [1.29, 1.82) is 0 Å². The van der Waals surface area contributed by atoms with Crippen LogP contribution in [0.3, 0.4) is 0 Å². The second-order valence-electron chi connectivity index (χ2n) is 3.78. The minimum atomic E-state index is -0.453. The molecule has 4 heteroatoms. The van der Waals surface area contributed by atoms with E-state index in [0.29, 0.717) is 6.29 Å². The standard InChI is InChI=1S/C7H14N2O2.2C3H8.C2H6/c1-2-3-9-6(5-10)4-7(8)11;2*1-3-2;1-2/h5-6,9H,2-4H2,1H3,(H2,8,11);2*3H2,1-2H3;1-2H3/t6-;;;/m1.../s1. The van der Waals surface area contributed by atoms with Gasteiger partial charge in [-0.05, 0) is 13.0 Å². The van der Waals surface area contributed by atoms with Gasteiger partial charge in [0.2, 0.25) is 5.91 Å². The zero-order valence-electron chi connectivity index (χ0n) is 14.1. The molecule has 0 fully saturated rings. The van der Waals surface area contributed by atoms with Gasteiger partial charge in [0.1, 0.15) is 6.29 Å². The van der Waals surface area contributed by atoms with Crippen LogP contribution in [0.5, 0.6) is 0 Å². The fourth-order valence-electron chi connectivity index (χ4n) is 0.715. The maximum atomic E-state index is 10.4. The summed E-state index contributed by atoms with van der Waals surface area (Å²) in [5.74, 6) is -0.453. The number of hydrogen-bond donors (Lipinski definition) is 2. The average molecular weight is 276 g/mol. The zero-order valence-corrected chi connectivity index (χ0v) is 14.1. The van der Waals surface area contributed by atoms with E-state index in [9.17, 15) is 9.59 Å². The van der Waals surface area contributed by atoms with E-state index in [4.69, 9.17) is 5.73 Å². The van der Waals surface area contributed by atoms with Crippen LogP contribution in [0.2, 0.25) is 0 Å². The lowest BCUT2D eigenvalue weighted by atomic mass is 10.2. The number of nitrogens with two attached hydrogens (primary N) is 1. The van der Waals surface area contributed by atoms with Gasteiger partial charge in [0, 0.05) is 6.42 Å². The number of nitrogens with one attached hydrogen (secondary N) is 1. The number of hydrogen-bond acceptors (Lipinski definition) is 3. The highest BCUT2D eigenvalue weighted by molar-refractivity contribution is 5.78. The number of rotatable bonds is 6.